The maximum Gasteiger partial charge on any atom is 0.139 e. The van der Waals surface area contributed by atoms with E-state index in [4.69, 9.17) is 16.3 Å². The Morgan fingerprint density at radius 2 is 1.89 bits per heavy atom. The van der Waals surface area contributed by atoms with Crippen molar-refractivity contribution in [2.45, 2.75) is 11.5 Å². The van der Waals surface area contributed by atoms with Crippen LogP contribution in [-0.4, -0.2) is 6.26 Å². The smallest absolute Gasteiger partial charge is 0.139 e. The third-order valence-corrected chi connectivity index (χ3v) is 4.70. The Balaban J connectivity index is 2.15. The molecule has 1 nitrogen and oxygen atoms in total. The lowest BCUT2D eigenvalue weighted by Crippen LogP contribution is -1.96. The van der Waals surface area contributed by atoms with Crippen LogP contribution in [0.1, 0.15) is 5.56 Å². The van der Waals surface area contributed by atoms with Gasteiger partial charge in [0.25, 0.3) is 0 Å². The predicted octanol–water partition coefficient (Wildman–Crippen LogP) is 5.40. The van der Waals surface area contributed by atoms with E-state index >= 15 is 0 Å². The van der Waals surface area contributed by atoms with Gasteiger partial charge in [-0.15, -0.1) is 11.8 Å². The second kappa shape index (κ2) is 6.50. The molecule has 0 aliphatic heterocycles. The molecule has 0 amide bonds. The Hall–Kier alpha value is -0.640. The molecule has 2 aromatic carbocycles. The first-order valence-electron chi connectivity index (χ1n) is 5.41. The van der Waals surface area contributed by atoms with Crippen molar-refractivity contribution in [1.29, 1.82) is 0 Å². The van der Waals surface area contributed by atoms with Gasteiger partial charge in [0.15, 0.2) is 0 Å². The van der Waals surface area contributed by atoms with Crippen molar-refractivity contribution in [2.75, 3.05) is 6.26 Å². The van der Waals surface area contributed by atoms with E-state index in [0.717, 1.165) is 14.9 Å². The lowest BCUT2D eigenvalue weighted by atomic mass is 10.2. The molecule has 0 N–H and O–H groups in total. The summed E-state index contributed by atoms with van der Waals surface area (Å²) in [7, 11) is 0. The van der Waals surface area contributed by atoms with Gasteiger partial charge in [-0.3, -0.25) is 0 Å². The maximum atomic E-state index is 6.30. The zero-order valence-electron chi connectivity index (χ0n) is 9.82. The fraction of sp³-hybridized carbons (Fsp3) is 0.143. The van der Waals surface area contributed by atoms with Gasteiger partial charge in [-0.2, -0.15) is 0 Å². The molecule has 0 bridgehead atoms. The van der Waals surface area contributed by atoms with E-state index in [2.05, 4.69) is 15.9 Å². The van der Waals surface area contributed by atoms with Crippen molar-refractivity contribution in [3.8, 4) is 5.75 Å². The van der Waals surface area contributed by atoms with Crippen LogP contribution in [0.4, 0.5) is 0 Å². The van der Waals surface area contributed by atoms with Crippen LogP contribution in [0.2, 0.25) is 5.02 Å². The van der Waals surface area contributed by atoms with E-state index < -0.39 is 0 Å². The molecule has 0 aromatic heterocycles. The number of thioether (sulfide) groups is 1. The Labute approximate surface area is 125 Å². The number of hydrogen-bond donors (Lipinski definition) is 0. The molecular formula is C14H12BrClOS. The van der Waals surface area contributed by atoms with Crippen molar-refractivity contribution in [2.24, 2.45) is 0 Å². The van der Waals surface area contributed by atoms with Gasteiger partial charge < -0.3 is 4.74 Å². The molecule has 0 heterocycles. The molecule has 0 saturated carbocycles. The largest absolute Gasteiger partial charge is 0.487 e. The van der Waals surface area contributed by atoms with Gasteiger partial charge in [0, 0.05) is 9.37 Å². The zero-order chi connectivity index (χ0) is 13.0. The number of hydrogen-bond acceptors (Lipinski definition) is 2. The fourth-order valence-corrected chi connectivity index (χ4v) is 3.47. The van der Waals surface area contributed by atoms with E-state index in [1.165, 1.54) is 0 Å². The van der Waals surface area contributed by atoms with Crippen LogP contribution in [0.5, 0.6) is 5.75 Å². The SMILES string of the molecule is CSc1c(Br)ccc(OCc2ccccc2)c1Cl. The second-order valence-corrected chi connectivity index (χ2v) is 5.72. The number of rotatable bonds is 4. The molecule has 0 aliphatic rings. The van der Waals surface area contributed by atoms with E-state index in [-0.39, 0.29) is 0 Å². The molecule has 0 fully saturated rings. The van der Waals surface area contributed by atoms with Gasteiger partial charge in [0.2, 0.25) is 0 Å². The summed E-state index contributed by atoms with van der Waals surface area (Å²) in [6.07, 6.45) is 1.99. The molecule has 2 aromatic rings. The number of ether oxygens (including phenoxy) is 1. The van der Waals surface area contributed by atoms with Crippen LogP contribution in [0.25, 0.3) is 0 Å². The Bertz CT molecular complexity index is 531. The molecule has 94 valence electrons. The average molecular weight is 344 g/mol. The van der Waals surface area contributed by atoms with Crippen molar-refractivity contribution >= 4 is 39.3 Å². The van der Waals surface area contributed by atoms with Gasteiger partial charge >= 0.3 is 0 Å². The van der Waals surface area contributed by atoms with Crippen molar-refractivity contribution in [3.05, 3.63) is 57.5 Å². The molecule has 0 aliphatic carbocycles. The molecule has 0 spiro atoms. The molecule has 0 saturated heterocycles. The highest BCUT2D eigenvalue weighted by Crippen LogP contribution is 2.39. The number of benzene rings is 2. The molecule has 2 rings (SSSR count). The maximum absolute atomic E-state index is 6.30. The van der Waals surface area contributed by atoms with Crippen LogP contribution >= 0.6 is 39.3 Å². The third kappa shape index (κ3) is 3.22. The first-order valence-corrected chi connectivity index (χ1v) is 7.80. The Morgan fingerprint density at radius 3 is 2.56 bits per heavy atom. The standard InChI is InChI=1S/C14H12BrClOS/c1-18-14-11(15)7-8-12(13(14)16)17-9-10-5-3-2-4-6-10/h2-8H,9H2,1H3. The second-order valence-electron chi connectivity index (χ2n) is 3.67. The minimum atomic E-state index is 0.524. The quantitative estimate of drug-likeness (QED) is 0.687. The zero-order valence-corrected chi connectivity index (χ0v) is 13.0. The van der Waals surface area contributed by atoms with E-state index in [1.807, 2.05) is 48.7 Å². The Kier molecular flexibility index (Phi) is 4.98. The van der Waals surface area contributed by atoms with Crippen LogP contribution in [0.15, 0.2) is 51.8 Å². The van der Waals surface area contributed by atoms with Crippen molar-refractivity contribution < 1.29 is 4.74 Å². The summed E-state index contributed by atoms with van der Waals surface area (Å²) in [6.45, 7) is 0.524. The normalized spacial score (nSPS) is 10.4. The van der Waals surface area contributed by atoms with Crippen molar-refractivity contribution in [3.63, 3.8) is 0 Å². The van der Waals surface area contributed by atoms with E-state index in [9.17, 15) is 0 Å². The van der Waals surface area contributed by atoms with Gasteiger partial charge in [-0.05, 0) is 39.9 Å². The molecule has 0 unspecified atom stereocenters. The van der Waals surface area contributed by atoms with Gasteiger partial charge in [0.1, 0.15) is 12.4 Å². The summed E-state index contributed by atoms with van der Waals surface area (Å²) in [5, 5.41) is 0.660. The minimum Gasteiger partial charge on any atom is -0.487 e. The average Bonchev–Trinajstić information content (AvgIpc) is 2.40. The highest BCUT2D eigenvalue weighted by atomic mass is 79.9. The highest BCUT2D eigenvalue weighted by Gasteiger charge is 2.10. The van der Waals surface area contributed by atoms with Crippen LogP contribution < -0.4 is 4.74 Å². The minimum absolute atomic E-state index is 0.524. The topological polar surface area (TPSA) is 9.23 Å². The fourth-order valence-electron chi connectivity index (χ4n) is 1.55. The van der Waals surface area contributed by atoms with Crippen LogP contribution in [0, 0.1) is 0 Å². The molecule has 0 atom stereocenters. The van der Waals surface area contributed by atoms with Gasteiger partial charge in [-0.1, -0.05) is 41.9 Å². The molecule has 0 radical (unpaired) electrons. The summed E-state index contributed by atoms with van der Waals surface area (Å²) >= 11 is 11.4. The summed E-state index contributed by atoms with van der Waals surface area (Å²) < 4.78 is 6.75. The van der Waals surface area contributed by atoms with Crippen LogP contribution in [-0.2, 0) is 6.61 Å². The monoisotopic (exact) mass is 342 g/mol. The summed E-state index contributed by atoms with van der Waals surface area (Å²) in [4.78, 5) is 1.00. The summed E-state index contributed by atoms with van der Waals surface area (Å²) in [5.74, 6) is 0.716. The van der Waals surface area contributed by atoms with Crippen LogP contribution in [0.3, 0.4) is 0 Å². The number of halogens is 2. The molecular weight excluding hydrogens is 332 g/mol. The summed E-state index contributed by atoms with van der Waals surface area (Å²) in [6, 6.07) is 13.9. The van der Waals surface area contributed by atoms with E-state index in [1.54, 1.807) is 11.8 Å². The summed E-state index contributed by atoms with van der Waals surface area (Å²) in [5.41, 5.74) is 1.13. The predicted molar refractivity (Wildman–Crippen MR) is 81.7 cm³/mol. The van der Waals surface area contributed by atoms with Gasteiger partial charge in [-0.25, -0.2) is 0 Å². The Morgan fingerprint density at radius 1 is 1.17 bits per heavy atom. The third-order valence-electron chi connectivity index (χ3n) is 2.45. The van der Waals surface area contributed by atoms with Gasteiger partial charge in [0.05, 0.1) is 5.02 Å². The first-order chi connectivity index (χ1) is 8.72. The van der Waals surface area contributed by atoms with Crippen molar-refractivity contribution in [1.82, 2.24) is 0 Å². The lowest BCUT2D eigenvalue weighted by Gasteiger charge is -2.11. The first kappa shape index (κ1) is 13.8. The lowest BCUT2D eigenvalue weighted by molar-refractivity contribution is 0.305. The molecule has 18 heavy (non-hydrogen) atoms. The highest BCUT2D eigenvalue weighted by molar-refractivity contribution is 9.10. The van der Waals surface area contributed by atoms with E-state index in [0.29, 0.717) is 17.4 Å². The molecule has 4 heteroatoms.